The quantitative estimate of drug-likeness (QED) is 0.586. The van der Waals surface area contributed by atoms with Crippen LogP contribution in [-0.2, 0) is 0 Å². The van der Waals surface area contributed by atoms with Gasteiger partial charge in [0.1, 0.15) is 0 Å². The zero-order chi connectivity index (χ0) is 16.3. The third kappa shape index (κ3) is 1.63. The van der Waals surface area contributed by atoms with Crippen LogP contribution in [0.1, 0.15) is 41.1 Å². The summed E-state index contributed by atoms with van der Waals surface area (Å²) in [5.41, 5.74) is 8.03. The van der Waals surface area contributed by atoms with E-state index in [0.717, 1.165) is 5.39 Å². The summed E-state index contributed by atoms with van der Waals surface area (Å²) in [5.74, 6) is 0.467. The summed E-state index contributed by atoms with van der Waals surface area (Å²) in [6, 6.07) is 8.83. The topological polar surface area (TPSA) is 26.0 Å². The molecule has 2 heteroatoms. The van der Waals surface area contributed by atoms with Crippen LogP contribution in [0.15, 0.2) is 83.4 Å². The number of rotatable bonds is 2. The van der Waals surface area contributed by atoms with Crippen molar-refractivity contribution in [2.24, 2.45) is 0 Å². The second kappa shape index (κ2) is 4.81. The Kier molecular flexibility index (Phi) is 2.72. The van der Waals surface area contributed by atoms with Gasteiger partial charge in [-0.2, -0.15) is 0 Å². The van der Waals surface area contributed by atoms with Crippen LogP contribution >= 0.6 is 0 Å². The van der Waals surface area contributed by atoms with Gasteiger partial charge < -0.3 is 4.42 Å². The maximum atomic E-state index is 5.41. The number of hydrogen-bond acceptors (Lipinski definition) is 2. The first kappa shape index (κ1) is 13.6. The number of fused-ring (bicyclic) bond motifs is 1. The van der Waals surface area contributed by atoms with E-state index in [4.69, 9.17) is 9.40 Å². The molecule has 2 bridgehead atoms. The van der Waals surface area contributed by atoms with Crippen LogP contribution in [0.2, 0.25) is 0 Å². The number of pyridine rings is 1. The first-order valence-corrected chi connectivity index (χ1v) is 8.24. The van der Waals surface area contributed by atoms with Crippen LogP contribution in [0.3, 0.4) is 0 Å². The molecule has 0 fully saturated rings. The van der Waals surface area contributed by atoms with Crippen molar-refractivity contribution in [2.45, 2.75) is 18.8 Å². The molecule has 0 spiro atoms. The first-order valence-electron chi connectivity index (χ1n) is 8.24. The van der Waals surface area contributed by atoms with Gasteiger partial charge in [-0.15, -0.1) is 0 Å². The average molecular weight is 311 g/mol. The minimum Gasteiger partial charge on any atom is -0.471 e. The molecule has 0 amide bonds. The second-order valence-corrected chi connectivity index (χ2v) is 6.56. The van der Waals surface area contributed by atoms with Crippen LogP contribution < -0.4 is 0 Å². The van der Waals surface area contributed by atoms with Crippen LogP contribution in [0, 0.1) is 0 Å². The molecule has 0 radical (unpaired) electrons. The van der Waals surface area contributed by atoms with E-state index in [-0.39, 0.29) is 11.8 Å². The Morgan fingerprint density at radius 1 is 1.08 bits per heavy atom. The second-order valence-electron chi connectivity index (χ2n) is 6.56. The molecule has 2 nitrogen and oxygen atoms in total. The van der Waals surface area contributed by atoms with Crippen LogP contribution in [0.5, 0.6) is 0 Å². The summed E-state index contributed by atoms with van der Waals surface area (Å²) >= 11 is 0. The third-order valence-corrected chi connectivity index (χ3v) is 5.37. The summed E-state index contributed by atoms with van der Waals surface area (Å²) in [6.07, 6.45) is 11.6. The normalized spacial score (nSPS) is 21.4. The van der Waals surface area contributed by atoms with E-state index in [2.05, 4.69) is 37.8 Å². The molecule has 2 unspecified atom stereocenters. The number of furan rings is 1. The van der Waals surface area contributed by atoms with Gasteiger partial charge in [-0.3, -0.25) is 4.98 Å². The van der Waals surface area contributed by atoms with Gasteiger partial charge in [-0.25, -0.2) is 0 Å². The Labute approximate surface area is 140 Å². The lowest BCUT2D eigenvalue weighted by Gasteiger charge is -2.41. The van der Waals surface area contributed by atoms with Crippen molar-refractivity contribution in [3.8, 4) is 0 Å². The molecule has 3 aliphatic rings. The summed E-state index contributed by atoms with van der Waals surface area (Å²) in [7, 11) is 0. The molecule has 6 rings (SSSR count). The fraction of sp³-hybridized carbons (Fsp3) is 0.136. The van der Waals surface area contributed by atoms with Gasteiger partial charge in [0.15, 0.2) is 0 Å². The highest BCUT2D eigenvalue weighted by Crippen LogP contribution is 2.55. The van der Waals surface area contributed by atoms with E-state index in [9.17, 15) is 0 Å². The van der Waals surface area contributed by atoms with Gasteiger partial charge in [0.2, 0.25) is 0 Å². The molecule has 2 atom stereocenters. The Morgan fingerprint density at radius 2 is 1.83 bits per heavy atom. The van der Waals surface area contributed by atoms with Crippen LogP contribution in [0.4, 0.5) is 0 Å². The predicted molar refractivity (Wildman–Crippen MR) is 96.2 cm³/mol. The summed E-state index contributed by atoms with van der Waals surface area (Å²) < 4.78 is 5.41. The van der Waals surface area contributed by atoms with E-state index in [0.29, 0.717) is 0 Å². The Balaban J connectivity index is 1.85. The molecule has 24 heavy (non-hydrogen) atoms. The van der Waals surface area contributed by atoms with Crippen LogP contribution in [0.25, 0.3) is 10.8 Å². The molecule has 3 aromatic rings. The van der Waals surface area contributed by atoms with Crippen molar-refractivity contribution in [1.82, 2.24) is 4.98 Å². The summed E-state index contributed by atoms with van der Waals surface area (Å²) in [5, 5.41) is 2.33. The molecular formula is C22H17NO. The lowest BCUT2D eigenvalue weighted by molar-refractivity contribution is 0.572. The van der Waals surface area contributed by atoms with E-state index in [1.807, 2.05) is 36.9 Å². The first-order chi connectivity index (χ1) is 11.8. The highest BCUT2D eigenvalue weighted by Gasteiger charge is 2.41. The standard InChI is InChI=1S/C22H17NO/c1-3-4-6-16-13(2)20-17-7-5-8-23-22(17)21(16)19-10-15-12-24-11-14(15)9-18(19)20/h3-12,20-21H,1H2,2H3/b6-4-. The summed E-state index contributed by atoms with van der Waals surface area (Å²) in [4.78, 5) is 4.74. The maximum absolute atomic E-state index is 5.41. The SMILES string of the molecule is C=C/C=C\C1=C(C)C2c3cc4cocc4cc3C1c1ncccc12. The van der Waals surface area contributed by atoms with Gasteiger partial charge in [0, 0.05) is 22.9 Å². The maximum Gasteiger partial charge on any atom is 0.0981 e. The van der Waals surface area contributed by atoms with Gasteiger partial charge in [-0.05, 0) is 47.4 Å². The zero-order valence-electron chi connectivity index (χ0n) is 13.5. The number of nitrogens with zero attached hydrogens (tertiary/aromatic N) is 1. The van der Waals surface area contributed by atoms with E-state index in [1.54, 1.807) is 0 Å². The summed E-state index contributed by atoms with van der Waals surface area (Å²) in [6.45, 7) is 6.07. The van der Waals surface area contributed by atoms with E-state index < -0.39 is 0 Å². The molecular weight excluding hydrogens is 294 g/mol. The predicted octanol–water partition coefficient (Wildman–Crippen LogP) is 5.48. The minimum atomic E-state index is 0.191. The molecule has 0 aliphatic heterocycles. The molecule has 1 aromatic carbocycles. The lowest BCUT2D eigenvalue weighted by Crippen LogP contribution is -2.27. The largest absolute Gasteiger partial charge is 0.471 e. The Bertz CT molecular complexity index is 1050. The molecule has 116 valence electrons. The molecule has 0 saturated carbocycles. The third-order valence-electron chi connectivity index (χ3n) is 5.37. The monoisotopic (exact) mass is 311 g/mol. The van der Waals surface area contributed by atoms with Crippen molar-refractivity contribution in [1.29, 1.82) is 0 Å². The molecule has 2 aromatic heterocycles. The van der Waals surface area contributed by atoms with Gasteiger partial charge >= 0.3 is 0 Å². The van der Waals surface area contributed by atoms with Gasteiger partial charge in [0.25, 0.3) is 0 Å². The van der Waals surface area contributed by atoms with Crippen LogP contribution in [-0.4, -0.2) is 4.98 Å². The highest BCUT2D eigenvalue weighted by atomic mass is 16.3. The minimum absolute atomic E-state index is 0.191. The van der Waals surface area contributed by atoms with Crippen molar-refractivity contribution in [2.75, 3.05) is 0 Å². The Morgan fingerprint density at radius 3 is 2.58 bits per heavy atom. The molecule has 0 saturated heterocycles. The van der Waals surface area contributed by atoms with Gasteiger partial charge in [-0.1, -0.05) is 36.4 Å². The Hall–Kier alpha value is -2.87. The number of allylic oxidation sites excluding steroid dienone is 5. The van der Waals surface area contributed by atoms with Crippen molar-refractivity contribution >= 4 is 10.8 Å². The lowest BCUT2D eigenvalue weighted by atomic mass is 9.62. The smallest absolute Gasteiger partial charge is 0.0981 e. The molecule has 2 heterocycles. The van der Waals surface area contributed by atoms with Crippen molar-refractivity contribution in [3.63, 3.8) is 0 Å². The van der Waals surface area contributed by atoms with Gasteiger partial charge in [0.05, 0.1) is 24.1 Å². The molecule has 0 N–H and O–H groups in total. The van der Waals surface area contributed by atoms with Crippen molar-refractivity contribution < 1.29 is 4.42 Å². The fourth-order valence-corrected chi connectivity index (χ4v) is 4.36. The average Bonchev–Trinajstić information content (AvgIpc) is 3.06. The number of benzene rings is 1. The van der Waals surface area contributed by atoms with Crippen molar-refractivity contribution in [3.05, 3.63) is 101 Å². The zero-order valence-corrected chi connectivity index (χ0v) is 13.5. The molecule has 3 aliphatic carbocycles. The fourth-order valence-electron chi connectivity index (χ4n) is 4.36. The highest BCUT2D eigenvalue weighted by molar-refractivity contribution is 5.85. The van der Waals surface area contributed by atoms with E-state index in [1.165, 1.54) is 38.9 Å². The number of aromatic nitrogens is 1. The number of hydrogen-bond donors (Lipinski definition) is 0. The van der Waals surface area contributed by atoms with E-state index >= 15 is 0 Å².